The number of alkyl halides is 2. The fourth-order valence-corrected chi connectivity index (χ4v) is 2.57. The van der Waals surface area contributed by atoms with Crippen LogP contribution in [0.3, 0.4) is 0 Å². The van der Waals surface area contributed by atoms with E-state index in [1.807, 2.05) is 0 Å². The van der Waals surface area contributed by atoms with E-state index >= 15 is 0 Å². The molecular formula is C12H10F2N4O2S. The van der Waals surface area contributed by atoms with Crippen LogP contribution < -0.4 is 0 Å². The van der Waals surface area contributed by atoms with E-state index < -0.39 is 16.4 Å². The SMILES string of the molecule is O=S(=O)=Nc1cc2ncnc(C3=CCC(F)(F)CC3)c2[nH]1. The van der Waals surface area contributed by atoms with Gasteiger partial charge in [-0.2, -0.15) is 8.42 Å². The molecule has 0 atom stereocenters. The van der Waals surface area contributed by atoms with Crippen LogP contribution in [0, 0.1) is 0 Å². The number of nitrogens with one attached hydrogen (secondary N) is 1. The Bertz CT molecular complexity index is 863. The number of allylic oxidation sites excluding steroid dienone is 2. The van der Waals surface area contributed by atoms with Crippen molar-refractivity contribution in [1.29, 1.82) is 0 Å². The topological polar surface area (TPSA) is 88.1 Å². The molecule has 9 heteroatoms. The monoisotopic (exact) mass is 312 g/mol. The summed E-state index contributed by atoms with van der Waals surface area (Å²) >= 11 is 0. The van der Waals surface area contributed by atoms with Gasteiger partial charge in [-0.1, -0.05) is 6.08 Å². The Morgan fingerprint density at radius 3 is 2.81 bits per heavy atom. The lowest BCUT2D eigenvalue weighted by molar-refractivity contribution is -0.00604. The van der Waals surface area contributed by atoms with Crippen LogP contribution >= 0.6 is 0 Å². The van der Waals surface area contributed by atoms with E-state index in [0.29, 0.717) is 22.3 Å². The molecule has 0 spiro atoms. The van der Waals surface area contributed by atoms with Gasteiger partial charge in [-0.05, 0) is 12.0 Å². The van der Waals surface area contributed by atoms with Crippen LogP contribution in [0.4, 0.5) is 14.6 Å². The summed E-state index contributed by atoms with van der Waals surface area (Å²) < 4.78 is 50.9. The zero-order chi connectivity index (χ0) is 15.0. The molecule has 2 aromatic rings. The molecule has 2 heterocycles. The molecule has 1 aliphatic rings. The number of aromatic amines is 1. The average molecular weight is 312 g/mol. The molecule has 0 saturated carbocycles. The molecule has 0 bridgehead atoms. The molecule has 3 rings (SSSR count). The Morgan fingerprint density at radius 1 is 1.33 bits per heavy atom. The summed E-state index contributed by atoms with van der Waals surface area (Å²) in [5, 5.41) is 0. The molecule has 110 valence electrons. The lowest BCUT2D eigenvalue weighted by Gasteiger charge is -2.21. The third-order valence-corrected chi connectivity index (χ3v) is 3.63. The van der Waals surface area contributed by atoms with Gasteiger partial charge in [0.05, 0.1) is 16.7 Å². The van der Waals surface area contributed by atoms with Crippen molar-refractivity contribution in [3.05, 3.63) is 24.2 Å². The Labute approximate surface area is 119 Å². The molecule has 6 nitrogen and oxygen atoms in total. The van der Waals surface area contributed by atoms with E-state index in [1.165, 1.54) is 18.5 Å². The Hall–Kier alpha value is -2.16. The van der Waals surface area contributed by atoms with Crippen LogP contribution in [0.2, 0.25) is 0 Å². The van der Waals surface area contributed by atoms with Gasteiger partial charge in [-0.15, -0.1) is 4.36 Å². The second-order valence-corrected chi connectivity index (χ2v) is 5.35. The highest BCUT2D eigenvalue weighted by molar-refractivity contribution is 7.61. The van der Waals surface area contributed by atoms with Crippen molar-refractivity contribution in [3.8, 4) is 0 Å². The number of aromatic nitrogens is 3. The summed E-state index contributed by atoms with van der Waals surface area (Å²) in [7, 11) is -2.58. The molecule has 0 unspecified atom stereocenters. The standard InChI is InChI=1S/C12H10F2N4O2S/c13-12(14)3-1-7(2-4-12)10-11-8(15-6-16-10)5-9(17-11)18-21(19)20/h1,5-6,17H,2-4H2. The van der Waals surface area contributed by atoms with Gasteiger partial charge in [0.15, 0.2) is 5.82 Å². The Kier molecular flexibility index (Phi) is 3.28. The first-order chi connectivity index (χ1) is 9.94. The van der Waals surface area contributed by atoms with Crippen LogP contribution in [-0.2, 0) is 10.5 Å². The van der Waals surface area contributed by atoms with Crippen molar-refractivity contribution < 1.29 is 17.2 Å². The minimum Gasteiger partial charge on any atom is -0.336 e. The number of hydrogen-bond acceptors (Lipinski definition) is 5. The maximum atomic E-state index is 13.2. The van der Waals surface area contributed by atoms with E-state index in [9.17, 15) is 17.2 Å². The second-order valence-electron chi connectivity index (χ2n) is 4.73. The third-order valence-electron chi connectivity index (χ3n) is 3.29. The average Bonchev–Trinajstić information content (AvgIpc) is 2.80. The van der Waals surface area contributed by atoms with Crippen LogP contribution in [-0.4, -0.2) is 29.3 Å². The molecule has 1 aliphatic carbocycles. The fraction of sp³-hybridized carbons (Fsp3) is 0.333. The summed E-state index contributed by atoms with van der Waals surface area (Å²) in [6.45, 7) is 0. The highest BCUT2D eigenvalue weighted by Gasteiger charge is 2.31. The van der Waals surface area contributed by atoms with Gasteiger partial charge in [0, 0.05) is 18.9 Å². The fourth-order valence-electron chi connectivity index (χ4n) is 2.31. The van der Waals surface area contributed by atoms with Gasteiger partial charge in [-0.3, -0.25) is 0 Å². The second kappa shape index (κ2) is 4.99. The Balaban J connectivity index is 2.09. The maximum absolute atomic E-state index is 13.2. The first-order valence-corrected chi connectivity index (χ1v) is 7.20. The molecule has 0 radical (unpaired) electrons. The molecule has 21 heavy (non-hydrogen) atoms. The minimum absolute atomic E-state index is 0.127. The third kappa shape index (κ3) is 2.82. The number of fused-ring (bicyclic) bond motifs is 1. The van der Waals surface area contributed by atoms with Crippen LogP contribution in [0.1, 0.15) is 25.0 Å². The molecule has 0 aromatic carbocycles. The van der Waals surface area contributed by atoms with Crippen molar-refractivity contribution in [2.24, 2.45) is 4.36 Å². The zero-order valence-electron chi connectivity index (χ0n) is 10.7. The van der Waals surface area contributed by atoms with Crippen molar-refractivity contribution >= 4 is 32.9 Å². The summed E-state index contributed by atoms with van der Waals surface area (Å²) in [4.78, 5) is 10.9. The highest BCUT2D eigenvalue weighted by atomic mass is 32.2. The molecule has 0 saturated heterocycles. The first-order valence-electron chi connectivity index (χ1n) is 6.17. The molecular weight excluding hydrogens is 302 g/mol. The van der Waals surface area contributed by atoms with Crippen LogP contribution in [0.15, 0.2) is 22.8 Å². The van der Waals surface area contributed by atoms with E-state index in [2.05, 4.69) is 19.3 Å². The molecule has 0 amide bonds. The van der Waals surface area contributed by atoms with Crippen LogP contribution in [0.5, 0.6) is 0 Å². The van der Waals surface area contributed by atoms with Crippen molar-refractivity contribution in [1.82, 2.24) is 15.0 Å². The smallest absolute Gasteiger partial charge is 0.317 e. The van der Waals surface area contributed by atoms with Crippen molar-refractivity contribution in [3.63, 3.8) is 0 Å². The highest BCUT2D eigenvalue weighted by Crippen LogP contribution is 2.37. The van der Waals surface area contributed by atoms with Gasteiger partial charge in [0.25, 0.3) is 5.92 Å². The van der Waals surface area contributed by atoms with E-state index in [0.717, 1.165) is 0 Å². The normalized spacial score (nSPS) is 17.5. The number of rotatable bonds is 2. The lowest BCUT2D eigenvalue weighted by atomic mass is 9.94. The summed E-state index contributed by atoms with van der Waals surface area (Å²) in [5.74, 6) is -2.55. The van der Waals surface area contributed by atoms with E-state index in [4.69, 9.17) is 0 Å². The molecule has 0 aliphatic heterocycles. The van der Waals surface area contributed by atoms with Crippen molar-refractivity contribution in [2.75, 3.05) is 0 Å². The summed E-state index contributed by atoms with van der Waals surface area (Å²) in [6.07, 6.45) is 2.44. The predicted octanol–water partition coefficient (Wildman–Crippen LogP) is 2.85. The summed E-state index contributed by atoms with van der Waals surface area (Å²) in [6, 6.07) is 1.47. The van der Waals surface area contributed by atoms with Gasteiger partial charge >= 0.3 is 10.5 Å². The minimum atomic E-state index is -2.68. The molecule has 1 N–H and O–H groups in total. The van der Waals surface area contributed by atoms with Crippen molar-refractivity contribution in [2.45, 2.75) is 25.2 Å². The lowest BCUT2D eigenvalue weighted by Crippen LogP contribution is -2.18. The number of halogens is 2. The largest absolute Gasteiger partial charge is 0.336 e. The quantitative estimate of drug-likeness (QED) is 0.923. The van der Waals surface area contributed by atoms with Crippen LogP contribution in [0.25, 0.3) is 16.6 Å². The van der Waals surface area contributed by atoms with Gasteiger partial charge < -0.3 is 4.98 Å². The molecule has 2 aromatic heterocycles. The van der Waals surface area contributed by atoms with Gasteiger partial charge in [-0.25, -0.2) is 18.7 Å². The number of hydrogen-bond donors (Lipinski definition) is 1. The predicted molar refractivity (Wildman–Crippen MR) is 71.7 cm³/mol. The maximum Gasteiger partial charge on any atom is 0.317 e. The van der Waals surface area contributed by atoms with Gasteiger partial charge in [0.1, 0.15) is 6.33 Å². The van der Waals surface area contributed by atoms with E-state index in [-0.39, 0.29) is 25.1 Å². The Morgan fingerprint density at radius 2 is 2.14 bits per heavy atom. The van der Waals surface area contributed by atoms with Gasteiger partial charge in [0.2, 0.25) is 0 Å². The number of H-pyrrole nitrogens is 1. The molecule has 0 fully saturated rings. The summed E-state index contributed by atoms with van der Waals surface area (Å²) in [5.41, 5.74) is 2.19. The van der Waals surface area contributed by atoms with E-state index in [1.54, 1.807) is 0 Å². The first kappa shape index (κ1) is 13.8. The zero-order valence-corrected chi connectivity index (χ0v) is 11.5. The number of nitrogens with zero attached hydrogens (tertiary/aromatic N) is 3.